The molecule has 4 heterocycles. The van der Waals surface area contributed by atoms with E-state index >= 15 is 0 Å². The first-order valence-electron chi connectivity index (χ1n) is 11.9. The Kier molecular flexibility index (Phi) is 5.58. The minimum Gasteiger partial charge on any atom is -0.365 e. The summed E-state index contributed by atoms with van der Waals surface area (Å²) < 4.78 is 86.8. The summed E-state index contributed by atoms with van der Waals surface area (Å²) in [5, 5.41) is 20.7. The van der Waals surface area contributed by atoms with Crippen molar-refractivity contribution in [2.24, 2.45) is 5.73 Å². The van der Waals surface area contributed by atoms with E-state index in [9.17, 15) is 41.2 Å². The quantitative estimate of drug-likeness (QED) is 0.349. The summed E-state index contributed by atoms with van der Waals surface area (Å²) >= 11 is 0. The molecule has 1 atom stereocenters. The number of pyridine rings is 1. The van der Waals surface area contributed by atoms with Crippen molar-refractivity contribution in [2.45, 2.75) is 24.4 Å². The van der Waals surface area contributed by atoms with Crippen LogP contribution in [0.3, 0.4) is 0 Å². The number of nitrogens with two attached hydrogens (primary N) is 1. The van der Waals surface area contributed by atoms with Crippen molar-refractivity contribution in [3.63, 3.8) is 0 Å². The number of primary amides is 1. The average molecular weight is 584 g/mol. The smallest absolute Gasteiger partial charge is 0.365 e. The second-order valence-electron chi connectivity index (χ2n) is 9.37. The molecule has 10 nitrogen and oxygen atoms in total. The zero-order valence-corrected chi connectivity index (χ0v) is 20.7. The van der Waals surface area contributed by atoms with Crippen molar-refractivity contribution in [2.75, 3.05) is 0 Å². The Hall–Kier alpha value is -5.46. The lowest BCUT2D eigenvalue weighted by molar-refractivity contribution is -0.147. The van der Waals surface area contributed by atoms with Gasteiger partial charge >= 0.3 is 12.4 Å². The van der Waals surface area contributed by atoms with Gasteiger partial charge in [-0.2, -0.15) is 41.8 Å². The standard InChI is InChI=1S/C26H14F6N8O2/c27-25(28,29)13-8-12(10-35-11-13)20-19(22(34)41)21(26(30,31)32)40(38-20)24(39-14(9-33)5-7-36-39)6-4-17-18-15(23(42)37-17)2-1-3-16(18)24/h1-5,7-8,10-11H,6H2,(H2,34,41)(H,37,42). The van der Waals surface area contributed by atoms with Crippen molar-refractivity contribution in [1.82, 2.24) is 29.9 Å². The van der Waals surface area contributed by atoms with Crippen molar-refractivity contribution in [3.05, 3.63) is 94.2 Å². The number of nitrogens with one attached hydrogen (secondary N) is 1. The van der Waals surface area contributed by atoms with E-state index < -0.39 is 64.3 Å². The number of amides is 2. The number of alkyl halides is 6. The molecule has 212 valence electrons. The molecule has 3 N–H and O–H groups in total. The first-order chi connectivity index (χ1) is 19.8. The maximum absolute atomic E-state index is 15.0. The van der Waals surface area contributed by atoms with E-state index in [1.54, 1.807) is 0 Å². The molecule has 1 unspecified atom stereocenters. The fourth-order valence-corrected chi connectivity index (χ4v) is 5.41. The van der Waals surface area contributed by atoms with Crippen LogP contribution in [0.5, 0.6) is 0 Å². The molecule has 6 rings (SSSR count). The largest absolute Gasteiger partial charge is 0.433 e. The normalized spacial score (nSPS) is 17.8. The van der Waals surface area contributed by atoms with Gasteiger partial charge in [0.2, 0.25) is 0 Å². The van der Waals surface area contributed by atoms with Gasteiger partial charge < -0.3 is 11.1 Å². The first-order valence-corrected chi connectivity index (χ1v) is 11.9. The molecule has 16 heteroatoms. The van der Waals surface area contributed by atoms with Crippen LogP contribution in [0, 0.1) is 11.3 Å². The SMILES string of the molecule is N#Cc1ccnn1C1(n2nc(-c3cncc(C(F)(F)F)c3)c(C(N)=O)c2C(F)(F)F)CC=C2NC(=O)c3cccc1c32. The minimum atomic E-state index is -5.35. The third kappa shape index (κ3) is 3.70. The third-order valence-electron chi connectivity index (χ3n) is 7.05. The molecule has 42 heavy (non-hydrogen) atoms. The van der Waals surface area contributed by atoms with E-state index in [4.69, 9.17) is 5.73 Å². The van der Waals surface area contributed by atoms with Gasteiger partial charge in [0.05, 0.1) is 17.3 Å². The Morgan fingerprint density at radius 3 is 2.52 bits per heavy atom. The van der Waals surface area contributed by atoms with E-state index in [2.05, 4.69) is 20.5 Å². The van der Waals surface area contributed by atoms with Gasteiger partial charge in [-0.25, -0.2) is 9.36 Å². The van der Waals surface area contributed by atoms with E-state index in [1.807, 2.05) is 6.07 Å². The lowest BCUT2D eigenvalue weighted by atomic mass is 9.83. The number of hydrogen-bond acceptors (Lipinski definition) is 6. The summed E-state index contributed by atoms with van der Waals surface area (Å²) in [6.07, 6.45) is -6.81. The number of aromatic nitrogens is 5. The second-order valence-corrected chi connectivity index (χ2v) is 9.37. The highest BCUT2D eigenvalue weighted by Gasteiger charge is 2.53. The van der Waals surface area contributed by atoms with Crippen LogP contribution in [0.1, 0.15) is 55.2 Å². The van der Waals surface area contributed by atoms with Gasteiger partial charge in [-0.3, -0.25) is 14.6 Å². The molecule has 1 aliphatic carbocycles. The molecule has 2 aliphatic rings. The molecular formula is C26H14F6N8O2. The lowest BCUT2D eigenvalue weighted by Gasteiger charge is -2.39. The average Bonchev–Trinajstić information content (AvgIpc) is 3.66. The summed E-state index contributed by atoms with van der Waals surface area (Å²) in [4.78, 5) is 28.8. The van der Waals surface area contributed by atoms with Crippen molar-refractivity contribution in [1.29, 1.82) is 5.26 Å². The molecule has 2 amide bonds. The highest BCUT2D eigenvalue weighted by Crippen LogP contribution is 2.48. The Bertz CT molecular complexity index is 1900. The van der Waals surface area contributed by atoms with Crippen molar-refractivity contribution in [3.8, 4) is 17.3 Å². The van der Waals surface area contributed by atoms with Crippen LogP contribution in [-0.2, 0) is 18.0 Å². The lowest BCUT2D eigenvalue weighted by Crippen LogP contribution is -2.48. The molecular weight excluding hydrogens is 570 g/mol. The predicted octanol–water partition coefficient (Wildman–Crippen LogP) is 3.89. The highest BCUT2D eigenvalue weighted by atomic mass is 19.4. The van der Waals surface area contributed by atoms with Gasteiger partial charge in [-0.15, -0.1) is 0 Å². The summed E-state index contributed by atoms with van der Waals surface area (Å²) in [5.74, 6) is -2.15. The van der Waals surface area contributed by atoms with Crippen LogP contribution in [-0.4, -0.2) is 36.4 Å². The van der Waals surface area contributed by atoms with Gasteiger partial charge in [0, 0.05) is 46.8 Å². The molecule has 1 aromatic carbocycles. The van der Waals surface area contributed by atoms with Gasteiger partial charge in [-0.05, 0) is 18.2 Å². The fourth-order valence-electron chi connectivity index (χ4n) is 5.41. The van der Waals surface area contributed by atoms with E-state index in [1.165, 1.54) is 30.3 Å². The van der Waals surface area contributed by atoms with Crippen LogP contribution in [0.25, 0.3) is 17.0 Å². The zero-order chi connectivity index (χ0) is 30.2. The summed E-state index contributed by atoms with van der Waals surface area (Å²) in [5.41, 5.74) is -1.91. The number of hydrogen-bond donors (Lipinski definition) is 2. The van der Waals surface area contributed by atoms with E-state index in [0.29, 0.717) is 22.6 Å². The Balaban J connectivity index is 1.78. The van der Waals surface area contributed by atoms with Crippen LogP contribution in [0.4, 0.5) is 26.3 Å². The first kappa shape index (κ1) is 26.7. The maximum Gasteiger partial charge on any atom is 0.433 e. The van der Waals surface area contributed by atoms with Gasteiger partial charge in [-0.1, -0.05) is 18.2 Å². The number of carbonyl (C=O) groups excluding carboxylic acids is 2. The molecule has 0 spiro atoms. The summed E-state index contributed by atoms with van der Waals surface area (Å²) in [6, 6.07) is 7.85. The second kappa shape index (κ2) is 8.77. The number of rotatable bonds is 4. The maximum atomic E-state index is 15.0. The van der Waals surface area contributed by atoms with Crippen LogP contribution < -0.4 is 11.1 Å². The fraction of sp³-hybridized carbons (Fsp3) is 0.154. The number of allylic oxidation sites excluding steroid dienone is 1. The highest BCUT2D eigenvalue weighted by molar-refractivity contribution is 6.10. The predicted molar refractivity (Wildman–Crippen MR) is 130 cm³/mol. The summed E-state index contributed by atoms with van der Waals surface area (Å²) in [7, 11) is 0. The summed E-state index contributed by atoms with van der Waals surface area (Å²) in [6.45, 7) is 0. The van der Waals surface area contributed by atoms with Crippen molar-refractivity contribution >= 4 is 17.5 Å². The van der Waals surface area contributed by atoms with Crippen LogP contribution in [0.2, 0.25) is 0 Å². The van der Waals surface area contributed by atoms with E-state index in [-0.39, 0.29) is 22.4 Å². The van der Waals surface area contributed by atoms with Crippen LogP contribution in [0.15, 0.2) is 55.0 Å². The molecule has 0 bridgehead atoms. The van der Waals surface area contributed by atoms with Gasteiger partial charge in [0.15, 0.2) is 11.4 Å². The number of benzene rings is 1. The Labute approximate surface area is 230 Å². The Morgan fingerprint density at radius 2 is 1.86 bits per heavy atom. The van der Waals surface area contributed by atoms with E-state index in [0.717, 1.165) is 17.1 Å². The van der Waals surface area contributed by atoms with Crippen molar-refractivity contribution < 1.29 is 35.9 Å². The van der Waals surface area contributed by atoms with Gasteiger partial charge in [0.1, 0.15) is 17.5 Å². The third-order valence-corrected chi connectivity index (χ3v) is 7.05. The molecule has 3 aromatic heterocycles. The number of carbonyl (C=O) groups is 2. The van der Waals surface area contributed by atoms with Gasteiger partial charge in [0.25, 0.3) is 11.8 Å². The number of nitriles is 1. The zero-order valence-electron chi connectivity index (χ0n) is 20.7. The van der Waals surface area contributed by atoms with Crippen LogP contribution >= 0.6 is 0 Å². The molecule has 0 radical (unpaired) electrons. The number of halogens is 6. The topological polar surface area (TPSA) is 145 Å². The monoisotopic (exact) mass is 584 g/mol. The molecule has 0 saturated carbocycles. The molecule has 0 saturated heterocycles. The Morgan fingerprint density at radius 1 is 1.10 bits per heavy atom. The molecule has 1 aliphatic heterocycles. The number of nitrogens with zero attached hydrogens (tertiary/aromatic N) is 6. The molecule has 4 aromatic rings. The minimum absolute atomic E-state index is 0.0498. The molecule has 0 fully saturated rings.